The SMILES string of the molecule is Cc1ccc(S(=O)(=O)O[C@H]2C[C@H]3c4ccccc4C(=O)N3[C@H](C3CCCCC3)C2)cc1. The summed E-state index contributed by atoms with van der Waals surface area (Å²) in [6.45, 7) is 1.93. The summed E-state index contributed by atoms with van der Waals surface area (Å²) < 4.78 is 31.8. The Balaban J connectivity index is 1.46. The first-order chi connectivity index (χ1) is 14.9. The molecule has 0 N–H and O–H groups in total. The second kappa shape index (κ2) is 8.06. The lowest BCUT2D eigenvalue weighted by Crippen LogP contribution is -2.50. The number of hydrogen-bond acceptors (Lipinski definition) is 4. The van der Waals surface area contributed by atoms with Crippen LogP contribution < -0.4 is 0 Å². The number of carbonyl (C=O) groups excluding carboxylic acids is 1. The molecule has 1 saturated carbocycles. The number of hydrogen-bond donors (Lipinski definition) is 0. The normalized spacial score (nSPS) is 26.5. The average molecular weight is 440 g/mol. The lowest BCUT2D eigenvalue weighted by Gasteiger charge is -2.46. The molecule has 164 valence electrons. The molecule has 0 aromatic heterocycles. The molecule has 1 amide bonds. The van der Waals surface area contributed by atoms with Gasteiger partial charge < -0.3 is 4.90 Å². The molecule has 3 atom stereocenters. The van der Waals surface area contributed by atoms with Crippen LogP contribution in [0.15, 0.2) is 53.4 Å². The third-order valence-electron chi connectivity index (χ3n) is 7.23. The van der Waals surface area contributed by atoms with Crippen LogP contribution in [0.4, 0.5) is 0 Å². The van der Waals surface area contributed by atoms with E-state index < -0.39 is 16.2 Å². The largest absolute Gasteiger partial charge is 0.328 e. The maximum Gasteiger partial charge on any atom is 0.297 e. The van der Waals surface area contributed by atoms with E-state index in [1.165, 1.54) is 19.3 Å². The summed E-state index contributed by atoms with van der Waals surface area (Å²) in [7, 11) is -3.85. The number of fused-ring (bicyclic) bond motifs is 3. The van der Waals surface area contributed by atoms with Gasteiger partial charge in [-0.15, -0.1) is 0 Å². The van der Waals surface area contributed by atoms with Gasteiger partial charge in [0.1, 0.15) is 0 Å². The second-order valence-corrected chi connectivity index (χ2v) is 10.8. The molecule has 2 heterocycles. The standard InChI is InChI=1S/C25H29NO4S/c1-17-11-13-20(14-12-17)31(28,29)30-19-15-23(18-7-3-2-4-8-18)26-24(16-19)21-9-5-6-10-22(21)25(26)27/h5-6,9-14,18-19,23-24H,2-4,7-8,15-16H2,1H3/t19-,23+,24+/m1/s1. The zero-order valence-corrected chi connectivity index (χ0v) is 18.7. The number of carbonyl (C=O) groups is 1. The number of amides is 1. The molecule has 3 aliphatic rings. The van der Waals surface area contributed by atoms with Gasteiger partial charge in [-0.1, -0.05) is 55.2 Å². The monoisotopic (exact) mass is 439 g/mol. The summed E-state index contributed by atoms with van der Waals surface area (Å²) in [5.41, 5.74) is 2.77. The third-order valence-corrected chi connectivity index (χ3v) is 8.61. The molecule has 0 unspecified atom stereocenters. The first-order valence-corrected chi connectivity index (χ1v) is 12.8. The quantitative estimate of drug-likeness (QED) is 0.628. The van der Waals surface area contributed by atoms with Crippen molar-refractivity contribution in [3.05, 3.63) is 65.2 Å². The van der Waals surface area contributed by atoms with E-state index in [0.717, 1.165) is 29.5 Å². The van der Waals surface area contributed by atoms with Crippen molar-refractivity contribution in [1.82, 2.24) is 4.90 Å². The van der Waals surface area contributed by atoms with Gasteiger partial charge in [-0.2, -0.15) is 8.42 Å². The van der Waals surface area contributed by atoms with Crippen LogP contribution in [0.1, 0.15) is 72.5 Å². The number of piperidine rings is 1. The Hall–Kier alpha value is -2.18. The van der Waals surface area contributed by atoms with Crippen molar-refractivity contribution in [2.75, 3.05) is 0 Å². The van der Waals surface area contributed by atoms with Crippen molar-refractivity contribution < 1.29 is 17.4 Å². The zero-order chi connectivity index (χ0) is 21.6. The molecule has 1 saturated heterocycles. The Morgan fingerprint density at radius 3 is 2.39 bits per heavy atom. The van der Waals surface area contributed by atoms with E-state index in [9.17, 15) is 13.2 Å². The van der Waals surface area contributed by atoms with Crippen LogP contribution in [0, 0.1) is 12.8 Å². The highest BCUT2D eigenvalue weighted by Crippen LogP contribution is 2.47. The molecular weight excluding hydrogens is 410 g/mol. The predicted molar refractivity (Wildman–Crippen MR) is 118 cm³/mol. The molecule has 31 heavy (non-hydrogen) atoms. The van der Waals surface area contributed by atoms with Gasteiger partial charge in [-0.05, 0) is 62.3 Å². The summed E-state index contributed by atoms with van der Waals surface area (Å²) >= 11 is 0. The van der Waals surface area contributed by atoms with Crippen molar-refractivity contribution in [3.63, 3.8) is 0 Å². The predicted octanol–water partition coefficient (Wildman–Crippen LogP) is 5.01. The van der Waals surface area contributed by atoms with Gasteiger partial charge in [0.2, 0.25) is 0 Å². The molecular formula is C25H29NO4S. The van der Waals surface area contributed by atoms with Gasteiger partial charge >= 0.3 is 0 Å². The minimum absolute atomic E-state index is 0.0252. The van der Waals surface area contributed by atoms with Crippen LogP contribution in [-0.4, -0.2) is 31.4 Å². The van der Waals surface area contributed by atoms with E-state index in [1.807, 2.05) is 31.2 Å². The average Bonchev–Trinajstić information content (AvgIpc) is 3.06. The van der Waals surface area contributed by atoms with Gasteiger partial charge in [-0.25, -0.2) is 0 Å². The molecule has 2 aromatic carbocycles. The number of rotatable bonds is 4. The topological polar surface area (TPSA) is 63.7 Å². The van der Waals surface area contributed by atoms with Crippen molar-refractivity contribution in [2.45, 2.75) is 75.0 Å². The van der Waals surface area contributed by atoms with Gasteiger partial charge in [0.25, 0.3) is 16.0 Å². The van der Waals surface area contributed by atoms with E-state index in [4.69, 9.17) is 4.18 Å². The molecule has 1 aliphatic carbocycles. The van der Waals surface area contributed by atoms with E-state index in [2.05, 4.69) is 4.90 Å². The highest BCUT2D eigenvalue weighted by atomic mass is 32.2. The molecule has 6 heteroatoms. The molecule has 2 aliphatic heterocycles. The summed E-state index contributed by atoms with van der Waals surface area (Å²) in [5.74, 6) is 0.499. The Morgan fingerprint density at radius 1 is 0.935 bits per heavy atom. The van der Waals surface area contributed by atoms with Crippen LogP contribution in [0.5, 0.6) is 0 Å². The van der Waals surface area contributed by atoms with Crippen molar-refractivity contribution in [2.24, 2.45) is 5.92 Å². The third kappa shape index (κ3) is 3.80. The molecule has 2 aromatic rings. The highest BCUT2D eigenvalue weighted by Gasteiger charge is 2.48. The second-order valence-electron chi connectivity index (χ2n) is 9.24. The van der Waals surface area contributed by atoms with Crippen LogP contribution >= 0.6 is 0 Å². The zero-order valence-electron chi connectivity index (χ0n) is 17.9. The highest BCUT2D eigenvalue weighted by molar-refractivity contribution is 7.86. The fourth-order valence-corrected chi connectivity index (χ4v) is 6.82. The van der Waals surface area contributed by atoms with E-state index in [-0.39, 0.29) is 22.9 Å². The van der Waals surface area contributed by atoms with Gasteiger partial charge in [0, 0.05) is 11.6 Å². The molecule has 0 bridgehead atoms. The van der Waals surface area contributed by atoms with Crippen molar-refractivity contribution in [3.8, 4) is 0 Å². The van der Waals surface area contributed by atoms with Crippen LogP contribution in [0.25, 0.3) is 0 Å². The van der Waals surface area contributed by atoms with Crippen molar-refractivity contribution >= 4 is 16.0 Å². The van der Waals surface area contributed by atoms with Gasteiger partial charge in [-0.3, -0.25) is 8.98 Å². The van der Waals surface area contributed by atoms with E-state index in [1.54, 1.807) is 24.3 Å². The van der Waals surface area contributed by atoms with E-state index in [0.29, 0.717) is 18.8 Å². The summed E-state index contributed by atoms with van der Waals surface area (Å²) in [6.07, 6.45) is 6.43. The summed E-state index contributed by atoms with van der Waals surface area (Å²) in [4.78, 5) is 15.5. The number of nitrogens with zero attached hydrogens (tertiary/aromatic N) is 1. The molecule has 0 spiro atoms. The van der Waals surface area contributed by atoms with Gasteiger partial charge in [0.05, 0.1) is 17.0 Å². The number of aryl methyl sites for hydroxylation is 1. The maximum atomic E-state index is 13.3. The minimum Gasteiger partial charge on any atom is -0.328 e. The first kappa shape index (κ1) is 20.7. The number of benzene rings is 2. The Morgan fingerprint density at radius 2 is 1.65 bits per heavy atom. The van der Waals surface area contributed by atoms with Crippen LogP contribution in [0.3, 0.4) is 0 Å². The Labute approximate surface area is 184 Å². The van der Waals surface area contributed by atoms with E-state index >= 15 is 0 Å². The molecule has 0 radical (unpaired) electrons. The molecule has 5 rings (SSSR count). The summed E-state index contributed by atoms with van der Waals surface area (Å²) in [6, 6.07) is 14.5. The van der Waals surface area contributed by atoms with Crippen molar-refractivity contribution in [1.29, 1.82) is 0 Å². The van der Waals surface area contributed by atoms with Crippen LogP contribution in [0.2, 0.25) is 0 Å². The fourth-order valence-electron chi connectivity index (χ4n) is 5.72. The van der Waals surface area contributed by atoms with Crippen LogP contribution in [-0.2, 0) is 14.3 Å². The molecule has 2 fully saturated rings. The lowest BCUT2D eigenvalue weighted by atomic mass is 9.78. The Kier molecular flexibility index (Phi) is 5.39. The maximum absolute atomic E-state index is 13.3. The van der Waals surface area contributed by atoms with Gasteiger partial charge in [0.15, 0.2) is 0 Å². The summed E-state index contributed by atoms with van der Waals surface area (Å²) in [5, 5.41) is 0. The first-order valence-electron chi connectivity index (χ1n) is 11.4. The molecule has 5 nitrogen and oxygen atoms in total. The Bertz CT molecular complexity index is 1070. The minimum atomic E-state index is -3.85. The smallest absolute Gasteiger partial charge is 0.297 e. The fraction of sp³-hybridized carbons (Fsp3) is 0.480. The lowest BCUT2D eigenvalue weighted by molar-refractivity contribution is -0.00157.